The number of hydrogen-bond donors (Lipinski definition) is 1. The van der Waals surface area contributed by atoms with Gasteiger partial charge in [0.1, 0.15) is 4.99 Å². The smallest absolute Gasteiger partial charge is 0.236 e. The molecule has 0 fully saturated rings. The summed E-state index contributed by atoms with van der Waals surface area (Å²) in [5.41, 5.74) is 6.47. The van der Waals surface area contributed by atoms with Gasteiger partial charge >= 0.3 is 0 Å². The number of benzene rings is 1. The number of fused-ring (bicyclic) bond motifs is 1. The first-order chi connectivity index (χ1) is 8.75. The average molecular weight is 255 g/mol. The SMILES string of the molecule is NC(=S)c1nccn1-c1ncc2ccccc2n1. The van der Waals surface area contributed by atoms with Crippen LogP contribution in [0.5, 0.6) is 0 Å². The molecule has 0 amide bonds. The Hall–Kier alpha value is -2.34. The van der Waals surface area contributed by atoms with Crippen molar-refractivity contribution in [1.82, 2.24) is 19.5 Å². The Bertz CT molecular complexity index is 734. The normalized spacial score (nSPS) is 10.7. The summed E-state index contributed by atoms with van der Waals surface area (Å²) in [7, 11) is 0. The van der Waals surface area contributed by atoms with Crippen LogP contribution in [0, 0.1) is 0 Å². The molecule has 88 valence electrons. The lowest BCUT2D eigenvalue weighted by Crippen LogP contribution is -2.17. The summed E-state index contributed by atoms with van der Waals surface area (Å²) in [5.74, 6) is 0.995. The number of thiocarbonyl (C=S) groups is 1. The number of hydrogen-bond acceptors (Lipinski definition) is 4. The lowest BCUT2D eigenvalue weighted by Gasteiger charge is -2.05. The molecule has 0 aliphatic carbocycles. The van der Waals surface area contributed by atoms with Crippen molar-refractivity contribution < 1.29 is 0 Å². The number of imidazole rings is 1. The molecule has 5 nitrogen and oxygen atoms in total. The van der Waals surface area contributed by atoms with Crippen LogP contribution in [0.3, 0.4) is 0 Å². The van der Waals surface area contributed by atoms with Gasteiger partial charge in [-0.25, -0.2) is 15.0 Å². The van der Waals surface area contributed by atoms with Gasteiger partial charge in [-0.15, -0.1) is 0 Å². The molecule has 0 atom stereocenters. The highest BCUT2D eigenvalue weighted by molar-refractivity contribution is 7.80. The molecule has 0 aliphatic heterocycles. The van der Waals surface area contributed by atoms with Crippen LogP contribution in [0.4, 0.5) is 0 Å². The third kappa shape index (κ3) is 1.72. The van der Waals surface area contributed by atoms with Crippen LogP contribution in [0.1, 0.15) is 5.82 Å². The second-order valence-electron chi connectivity index (χ2n) is 3.71. The number of nitrogens with zero attached hydrogens (tertiary/aromatic N) is 4. The molecule has 1 aromatic carbocycles. The van der Waals surface area contributed by atoms with Gasteiger partial charge in [-0.1, -0.05) is 30.4 Å². The van der Waals surface area contributed by atoms with E-state index in [0.717, 1.165) is 10.9 Å². The molecule has 0 saturated carbocycles. The monoisotopic (exact) mass is 255 g/mol. The van der Waals surface area contributed by atoms with Gasteiger partial charge in [-0.05, 0) is 6.07 Å². The highest BCUT2D eigenvalue weighted by Crippen LogP contribution is 2.12. The van der Waals surface area contributed by atoms with Gasteiger partial charge in [0, 0.05) is 24.0 Å². The van der Waals surface area contributed by atoms with Crippen LogP contribution in [-0.2, 0) is 0 Å². The lowest BCUT2D eigenvalue weighted by molar-refractivity contribution is 0.929. The summed E-state index contributed by atoms with van der Waals surface area (Å²) < 4.78 is 1.68. The number of nitrogens with two attached hydrogens (primary N) is 1. The van der Waals surface area contributed by atoms with Crippen molar-refractivity contribution in [3.8, 4) is 5.95 Å². The quantitative estimate of drug-likeness (QED) is 0.702. The Morgan fingerprint density at radius 1 is 1.22 bits per heavy atom. The standard InChI is InChI=1S/C12H9N5S/c13-10(18)11-14-5-6-17(11)12-15-7-8-3-1-2-4-9(8)16-12/h1-7H,(H2,13,18). The van der Waals surface area contributed by atoms with Crippen LogP contribution >= 0.6 is 12.2 Å². The zero-order chi connectivity index (χ0) is 12.5. The molecule has 6 heteroatoms. The van der Waals surface area contributed by atoms with E-state index in [0.29, 0.717) is 11.8 Å². The van der Waals surface area contributed by atoms with Gasteiger partial charge < -0.3 is 5.73 Å². The van der Waals surface area contributed by atoms with E-state index in [4.69, 9.17) is 18.0 Å². The molecule has 0 unspecified atom stereocenters. The highest BCUT2D eigenvalue weighted by atomic mass is 32.1. The van der Waals surface area contributed by atoms with Gasteiger partial charge in [-0.2, -0.15) is 0 Å². The van der Waals surface area contributed by atoms with Gasteiger partial charge in [0.15, 0.2) is 5.82 Å². The Morgan fingerprint density at radius 3 is 2.89 bits per heavy atom. The zero-order valence-electron chi connectivity index (χ0n) is 9.32. The van der Waals surface area contributed by atoms with Gasteiger partial charge in [-0.3, -0.25) is 4.57 Å². The van der Waals surface area contributed by atoms with E-state index in [1.54, 1.807) is 23.2 Å². The van der Waals surface area contributed by atoms with E-state index in [1.807, 2.05) is 24.3 Å². The van der Waals surface area contributed by atoms with Crippen LogP contribution < -0.4 is 5.73 Å². The molecule has 0 saturated heterocycles. The predicted octanol–water partition coefficient (Wildman–Crippen LogP) is 1.45. The second-order valence-corrected chi connectivity index (χ2v) is 4.15. The molecule has 3 rings (SSSR count). The van der Waals surface area contributed by atoms with Gasteiger partial charge in [0.05, 0.1) is 5.52 Å². The number of aromatic nitrogens is 4. The summed E-state index contributed by atoms with van der Waals surface area (Å²) in [4.78, 5) is 13.1. The van der Waals surface area contributed by atoms with Crippen molar-refractivity contribution in [2.75, 3.05) is 0 Å². The minimum absolute atomic E-state index is 0.219. The molecular formula is C12H9N5S. The fourth-order valence-corrected chi connectivity index (χ4v) is 1.88. The van der Waals surface area contributed by atoms with E-state index in [2.05, 4.69) is 15.0 Å². The van der Waals surface area contributed by atoms with Crippen LogP contribution in [0.25, 0.3) is 16.9 Å². The summed E-state index contributed by atoms with van der Waals surface area (Å²) >= 11 is 4.94. The molecular weight excluding hydrogens is 246 g/mol. The highest BCUT2D eigenvalue weighted by Gasteiger charge is 2.09. The van der Waals surface area contributed by atoms with Crippen molar-refractivity contribution >= 4 is 28.1 Å². The lowest BCUT2D eigenvalue weighted by atomic mass is 10.2. The minimum atomic E-state index is 0.219. The Morgan fingerprint density at radius 2 is 2.06 bits per heavy atom. The summed E-state index contributed by atoms with van der Waals surface area (Å²) in [6.45, 7) is 0. The summed E-state index contributed by atoms with van der Waals surface area (Å²) in [6.07, 6.45) is 5.12. The first-order valence-electron chi connectivity index (χ1n) is 5.31. The first kappa shape index (κ1) is 10.8. The van der Waals surface area contributed by atoms with Crippen LogP contribution in [0.2, 0.25) is 0 Å². The molecule has 2 N–H and O–H groups in total. The van der Waals surface area contributed by atoms with Crippen molar-refractivity contribution in [1.29, 1.82) is 0 Å². The molecule has 0 radical (unpaired) electrons. The van der Waals surface area contributed by atoms with E-state index in [1.165, 1.54) is 0 Å². The molecule has 0 aliphatic rings. The molecule has 2 heterocycles. The zero-order valence-corrected chi connectivity index (χ0v) is 10.1. The third-order valence-electron chi connectivity index (χ3n) is 2.55. The van der Waals surface area contributed by atoms with E-state index in [9.17, 15) is 0 Å². The summed E-state index contributed by atoms with van der Waals surface area (Å²) in [5, 5.41) is 0.984. The van der Waals surface area contributed by atoms with Crippen molar-refractivity contribution in [2.24, 2.45) is 5.73 Å². The average Bonchev–Trinajstić information content (AvgIpc) is 2.87. The van der Waals surface area contributed by atoms with Crippen LogP contribution in [0.15, 0.2) is 42.9 Å². The van der Waals surface area contributed by atoms with Crippen molar-refractivity contribution in [3.63, 3.8) is 0 Å². The predicted molar refractivity (Wildman–Crippen MR) is 72.5 cm³/mol. The van der Waals surface area contributed by atoms with E-state index in [-0.39, 0.29) is 4.99 Å². The molecule has 18 heavy (non-hydrogen) atoms. The van der Waals surface area contributed by atoms with Crippen molar-refractivity contribution in [3.05, 3.63) is 48.7 Å². The second kappa shape index (κ2) is 4.15. The third-order valence-corrected chi connectivity index (χ3v) is 2.74. The molecule has 3 aromatic rings. The fraction of sp³-hybridized carbons (Fsp3) is 0. The molecule has 0 bridgehead atoms. The Balaban J connectivity index is 2.19. The number of rotatable bonds is 2. The summed E-state index contributed by atoms with van der Waals surface area (Å²) in [6, 6.07) is 7.77. The first-order valence-corrected chi connectivity index (χ1v) is 5.72. The Labute approximate surface area is 108 Å². The Kier molecular flexibility index (Phi) is 2.49. The van der Waals surface area contributed by atoms with Gasteiger partial charge in [0.2, 0.25) is 5.95 Å². The molecule has 2 aromatic heterocycles. The van der Waals surface area contributed by atoms with E-state index >= 15 is 0 Å². The topological polar surface area (TPSA) is 69.6 Å². The molecule has 0 spiro atoms. The van der Waals surface area contributed by atoms with Crippen molar-refractivity contribution in [2.45, 2.75) is 0 Å². The van der Waals surface area contributed by atoms with Crippen LogP contribution in [-0.4, -0.2) is 24.5 Å². The van der Waals surface area contributed by atoms with E-state index < -0.39 is 0 Å². The fourth-order valence-electron chi connectivity index (χ4n) is 1.73. The largest absolute Gasteiger partial charge is 0.387 e. The maximum Gasteiger partial charge on any atom is 0.236 e. The minimum Gasteiger partial charge on any atom is -0.387 e. The van der Waals surface area contributed by atoms with Gasteiger partial charge in [0.25, 0.3) is 0 Å². The number of para-hydroxylation sites is 1. The maximum atomic E-state index is 5.60. The maximum absolute atomic E-state index is 5.60.